The third-order valence-corrected chi connectivity index (χ3v) is 5.43. The van der Waals surface area contributed by atoms with Crippen molar-refractivity contribution < 1.29 is 4.74 Å². The van der Waals surface area contributed by atoms with Crippen LogP contribution in [0.2, 0.25) is 0 Å². The van der Waals surface area contributed by atoms with Crippen molar-refractivity contribution in [3.8, 4) is 11.1 Å². The Bertz CT molecular complexity index is 720. The molecule has 2 heterocycles. The van der Waals surface area contributed by atoms with Gasteiger partial charge in [0.2, 0.25) is 0 Å². The number of nitrogens with zero attached hydrogens (tertiary/aromatic N) is 2. The van der Waals surface area contributed by atoms with E-state index in [1.807, 2.05) is 4.90 Å². The number of hydrogen-bond donors (Lipinski definition) is 1. The Morgan fingerprint density at radius 3 is 2.04 bits per heavy atom. The van der Waals surface area contributed by atoms with Gasteiger partial charge in [0.25, 0.3) is 6.02 Å². The first-order valence-corrected chi connectivity index (χ1v) is 9.66. The van der Waals surface area contributed by atoms with Gasteiger partial charge in [-0.15, -0.1) is 0 Å². The molecule has 1 saturated heterocycles. The van der Waals surface area contributed by atoms with Crippen molar-refractivity contribution in [1.29, 1.82) is 5.41 Å². The van der Waals surface area contributed by atoms with Gasteiger partial charge >= 0.3 is 0 Å². The van der Waals surface area contributed by atoms with E-state index in [2.05, 4.69) is 53.4 Å². The number of fused-ring (bicyclic) bond motifs is 3. The molecule has 0 aromatic heterocycles. The van der Waals surface area contributed by atoms with Gasteiger partial charge < -0.3 is 9.64 Å². The van der Waals surface area contributed by atoms with Crippen molar-refractivity contribution in [3.63, 3.8) is 0 Å². The molecule has 1 N–H and O–H groups in total. The van der Waals surface area contributed by atoms with E-state index in [4.69, 9.17) is 10.1 Å². The highest BCUT2D eigenvalue weighted by Gasteiger charge is 2.21. The zero-order valence-electron chi connectivity index (χ0n) is 15.3. The molecule has 136 valence electrons. The summed E-state index contributed by atoms with van der Waals surface area (Å²) in [5.74, 6) is 0. The highest BCUT2D eigenvalue weighted by atomic mass is 16.5. The molecule has 4 heteroatoms. The second-order valence-electron chi connectivity index (χ2n) is 7.23. The smallest absolute Gasteiger partial charge is 0.285 e. The number of rotatable bonds is 3. The third kappa shape index (κ3) is 3.75. The number of amidine groups is 1. The third-order valence-electron chi connectivity index (χ3n) is 5.43. The van der Waals surface area contributed by atoms with E-state index in [-0.39, 0.29) is 6.02 Å². The maximum Gasteiger partial charge on any atom is 0.285 e. The van der Waals surface area contributed by atoms with Crippen molar-refractivity contribution in [3.05, 3.63) is 59.7 Å². The predicted molar refractivity (Wildman–Crippen MR) is 105 cm³/mol. The lowest BCUT2D eigenvalue weighted by atomic mass is 9.97. The van der Waals surface area contributed by atoms with Gasteiger partial charge in [0.15, 0.2) is 0 Å². The lowest BCUT2D eigenvalue weighted by Crippen LogP contribution is -2.36. The fourth-order valence-corrected chi connectivity index (χ4v) is 4.00. The van der Waals surface area contributed by atoms with Crippen LogP contribution in [0.4, 0.5) is 0 Å². The lowest BCUT2D eigenvalue weighted by molar-refractivity contribution is 0.156. The molecule has 2 aliphatic rings. The van der Waals surface area contributed by atoms with Gasteiger partial charge in [-0.1, -0.05) is 55.0 Å². The zero-order chi connectivity index (χ0) is 17.8. The molecule has 1 fully saturated rings. The molecule has 0 amide bonds. The maximum atomic E-state index is 8.47. The van der Waals surface area contributed by atoms with Gasteiger partial charge in [0.05, 0.1) is 0 Å². The molecule has 4 rings (SSSR count). The fraction of sp³-hybridized carbons (Fsp3) is 0.409. The molecule has 0 saturated carbocycles. The Morgan fingerprint density at radius 2 is 1.42 bits per heavy atom. The molecule has 0 bridgehead atoms. The van der Waals surface area contributed by atoms with E-state index in [1.165, 1.54) is 54.6 Å². The summed E-state index contributed by atoms with van der Waals surface area (Å²) in [7, 11) is 0. The molecule has 0 unspecified atom stereocenters. The minimum absolute atomic E-state index is 0.286. The van der Waals surface area contributed by atoms with E-state index < -0.39 is 0 Å². The maximum absolute atomic E-state index is 8.47. The summed E-state index contributed by atoms with van der Waals surface area (Å²) in [6, 6.07) is 17.3. The first kappa shape index (κ1) is 17.1. The highest BCUT2D eigenvalue weighted by molar-refractivity contribution is 5.76. The molecular weight excluding hydrogens is 322 g/mol. The number of benzene rings is 2. The van der Waals surface area contributed by atoms with Crippen LogP contribution in [0.15, 0.2) is 48.5 Å². The van der Waals surface area contributed by atoms with Gasteiger partial charge in [0, 0.05) is 19.6 Å². The fourth-order valence-electron chi connectivity index (χ4n) is 4.00. The molecule has 26 heavy (non-hydrogen) atoms. The van der Waals surface area contributed by atoms with Crippen LogP contribution >= 0.6 is 0 Å². The van der Waals surface area contributed by atoms with Gasteiger partial charge in [-0.2, -0.15) is 0 Å². The second-order valence-corrected chi connectivity index (χ2v) is 7.23. The second kappa shape index (κ2) is 7.92. The largest absolute Gasteiger partial charge is 0.464 e. The number of nitrogens with one attached hydrogen (secondary N) is 1. The molecule has 4 nitrogen and oxygen atoms in total. The van der Waals surface area contributed by atoms with E-state index >= 15 is 0 Å². The van der Waals surface area contributed by atoms with Crippen molar-refractivity contribution in [2.45, 2.75) is 32.4 Å². The normalized spacial score (nSPS) is 17.2. The van der Waals surface area contributed by atoms with Crippen LogP contribution in [0.25, 0.3) is 11.1 Å². The van der Waals surface area contributed by atoms with E-state index in [0.29, 0.717) is 19.7 Å². The zero-order valence-corrected chi connectivity index (χ0v) is 15.3. The number of hydrogen-bond acceptors (Lipinski definition) is 3. The average molecular weight is 349 g/mol. The van der Waals surface area contributed by atoms with Crippen molar-refractivity contribution in [2.75, 3.05) is 26.2 Å². The molecule has 2 aromatic rings. The van der Waals surface area contributed by atoms with Crippen LogP contribution in [0, 0.1) is 5.41 Å². The Kier molecular flexibility index (Phi) is 5.21. The van der Waals surface area contributed by atoms with E-state index in [9.17, 15) is 0 Å². The highest BCUT2D eigenvalue weighted by Crippen LogP contribution is 2.32. The monoisotopic (exact) mass is 349 g/mol. The summed E-state index contributed by atoms with van der Waals surface area (Å²) in [5.41, 5.74) is 5.04. The SMILES string of the molecule is N=C(OCCN1CCCCC1)N1Cc2ccccc2-c2ccccc2C1. The summed E-state index contributed by atoms with van der Waals surface area (Å²) in [5, 5.41) is 8.47. The molecule has 0 spiro atoms. The Hall–Kier alpha value is -2.33. The van der Waals surface area contributed by atoms with Crippen LogP contribution in [-0.4, -0.2) is 42.1 Å². The molecule has 0 aliphatic carbocycles. The molecule has 2 aliphatic heterocycles. The summed E-state index contributed by atoms with van der Waals surface area (Å²) >= 11 is 0. The average Bonchev–Trinajstić information content (AvgIpc) is 2.86. The number of piperidine rings is 1. The Balaban J connectivity index is 1.45. The van der Waals surface area contributed by atoms with E-state index in [1.54, 1.807) is 0 Å². The first-order chi connectivity index (χ1) is 12.8. The van der Waals surface area contributed by atoms with Crippen LogP contribution in [0.5, 0.6) is 0 Å². The standard InChI is InChI=1S/C22H27N3O/c23-22(26-15-14-24-12-6-1-7-13-24)25-16-18-8-2-4-10-20(18)21-11-5-3-9-19(21)17-25/h2-5,8-11,23H,1,6-7,12-17H2. The predicted octanol–water partition coefficient (Wildman–Crippen LogP) is 4.11. The first-order valence-electron chi connectivity index (χ1n) is 9.66. The summed E-state index contributed by atoms with van der Waals surface area (Å²) in [4.78, 5) is 4.49. The quantitative estimate of drug-likeness (QED) is 0.670. The van der Waals surface area contributed by atoms with Crippen LogP contribution in [0.1, 0.15) is 30.4 Å². The number of ether oxygens (including phenoxy) is 1. The molecule has 0 atom stereocenters. The Morgan fingerprint density at radius 1 is 0.846 bits per heavy atom. The van der Waals surface area contributed by atoms with Crippen LogP contribution < -0.4 is 0 Å². The molecular formula is C22H27N3O. The van der Waals surface area contributed by atoms with Crippen molar-refractivity contribution in [2.24, 2.45) is 0 Å². The van der Waals surface area contributed by atoms with Gasteiger partial charge in [-0.05, 0) is 48.2 Å². The van der Waals surface area contributed by atoms with Crippen molar-refractivity contribution in [1.82, 2.24) is 9.80 Å². The molecule has 2 aromatic carbocycles. The lowest BCUT2D eigenvalue weighted by Gasteiger charge is -2.28. The van der Waals surface area contributed by atoms with E-state index in [0.717, 1.165) is 6.54 Å². The minimum Gasteiger partial charge on any atom is -0.464 e. The van der Waals surface area contributed by atoms with Crippen LogP contribution in [-0.2, 0) is 17.8 Å². The van der Waals surface area contributed by atoms with Crippen molar-refractivity contribution >= 4 is 6.02 Å². The number of likely N-dealkylation sites (tertiary alicyclic amines) is 1. The van der Waals surface area contributed by atoms with Gasteiger partial charge in [-0.25, -0.2) is 0 Å². The summed E-state index contributed by atoms with van der Waals surface area (Å²) < 4.78 is 5.84. The summed E-state index contributed by atoms with van der Waals surface area (Å²) in [6.07, 6.45) is 3.92. The summed E-state index contributed by atoms with van der Waals surface area (Å²) in [6.45, 7) is 5.28. The Labute approximate surface area is 155 Å². The van der Waals surface area contributed by atoms with Gasteiger partial charge in [-0.3, -0.25) is 10.3 Å². The minimum atomic E-state index is 0.286. The van der Waals surface area contributed by atoms with Crippen LogP contribution in [0.3, 0.4) is 0 Å². The van der Waals surface area contributed by atoms with Gasteiger partial charge in [0.1, 0.15) is 6.61 Å². The topological polar surface area (TPSA) is 39.6 Å². The molecule has 0 radical (unpaired) electrons.